The van der Waals surface area contributed by atoms with E-state index in [-0.39, 0.29) is 23.8 Å². The Morgan fingerprint density at radius 1 is 1.13 bits per heavy atom. The predicted octanol–water partition coefficient (Wildman–Crippen LogP) is 4.44. The third-order valence-corrected chi connectivity index (χ3v) is 7.76. The van der Waals surface area contributed by atoms with Crippen molar-refractivity contribution in [2.24, 2.45) is 5.92 Å². The summed E-state index contributed by atoms with van der Waals surface area (Å²) in [7, 11) is 1.89. The Bertz CT molecular complexity index is 955. The Morgan fingerprint density at radius 3 is 2.61 bits per heavy atom. The summed E-state index contributed by atoms with van der Waals surface area (Å²) in [6.45, 7) is 2.73. The average molecular weight is 435 g/mol. The van der Waals surface area contributed by atoms with Gasteiger partial charge in [0.05, 0.1) is 4.91 Å². The molecule has 0 bridgehead atoms. The van der Waals surface area contributed by atoms with Crippen LogP contribution in [0, 0.1) is 12.8 Å². The molecular weight excluding hydrogens is 404 g/mol. The lowest BCUT2D eigenvalue weighted by Crippen LogP contribution is -2.52. The Labute approximate surface area is 189 Å². The summed E-state index contributed by atoms with van der Waals surface area (Å²) in [6.07, 6.45) is 5.41. The van der Waals surface area contributed by atoms with Gasteiger partial charge in [0.25, 0.3) is 5.91 Å². The molecule has 4 rings (SSSR count). The minimum absolute atomic E-state index is 0.0187. The van der Waals surface area contributed by atoms with E-state index in [0.29, 0.717) is 11.8 Å². The van der Waals surface area contributed by atoms with Crippen molar-refractivity contribution in [3.63, 3.8) is 0 Å². The number of aryl methyl sites for hydroxylation is 1. The van der Waals surface area contributed by atoms with Crippen LogP contribution in [0.5, 0.6) is 0 Å². The molecule has 3 atom stereocenters. The molecule has 1 aliphatic carbocycles. The van der Waals surface area contributed by atoms with Gasteiger partial charge in [0, 0.05) is 30.8 Å². The number of rotatable bonds is 5. The number of nitrogens with zero attached hydrogens (tertiary/aromatic N) is 1. The molecule has 4 nitrogen and oxygen atoms in total. The van der Waals surface area contributed by atoms with Crippen molar-refractivity contribution in [1.82, 2.24) is 10.2 Å². The first-order chi connectivity index (χ1) is 15.0. The van der Waals surface area contributed by atoms with Gasteiger partial charge in [-0.25, -0.2) is 0 Å². The second kappa shape index (κ2) is 9.73. The number of benzene rings is 2. The largest absolute Gasteiger partial charge is 0.356 e. The van der Waals surface area contributed by atoms with Crippen molar-refractivity contribution in [3.8, 4) is 0 Å². The SMILES string of the molecule is Cc1ccc(CCNC(=O)C2CCC3S/C(=C/c4ccccc4)C(=O)N(C)C3C2)cc1. The molecule has 0 aromatic heterocycles. The van der Waals surface area contributed by atoms with E-state index in [9.17, 15) is 9.59 Å². The van der Waals surface area contributed by atoms with Crippen molar-refractivity contribution in [3.05, 3.63) is 76.2 Å². The van der Waals surface area contributed by atoms with E-state index in [1.807, 2.05) is 48.4 Å². The van der Waals surface area contributed by atoms with Gasteiger partial charge in [0.15, 0.2) is 0 Å². The summed E-state index contributed by atoms with van der Waals surface area (Å²) in [4.78, 5) is 28.4. The highest BCUT2D eigenvalue weighted by atomic mass is 32.2. The van der Waals surface area contributed by atoms with Gasteiger partial charge in [-0.2, -0.15) is 0 Å². The van der Waals surface area contributed by atoms with Crippen LogP contribution in [0.4, 0.5) is 0 Å². The molecule has 1 N–H and O–H groups in total. The highest BCUT2D eigenvalue weighted by Gasteiger charge is 2.42. The van der Waals surface area contributed by atoms with Crippen molar-refractivity contribution in [2.75, 3.05) is 13.6 Å². The van der Waals surface area contributed by atoms with Crippen molar-refractivity contribution < 1.29 is 9.59 Å². The summed E-state index contributed by atoms with van der Waals surface area (Å²) in [5.41, 5.74) is 3.53. The molecule has 2 fully saturated rings. The number of nitrogens with one attached hydrogen (secondary N) is 1. The molecule has 3 unspecified atom stereocenters. The summed E-state index contributed by atoms with van der Waals surface area (Å²) in [6, 6.07) is 18.5. The van der Waals surface area contributed by atoms with Crippen LogP contribution in [-0.4, -0.2) is 41.6 Å². The molecule has 2 aromatic carbocycles. The summed E-state index contributed by atoms with van der Waals surface area (Å²) >= 11 is 1.69. The molecule has 31 heavy (non-hydrogen) atoms. The predicted molar refractivity (Wildman–Crippen MR) is 128 cm³/mol. The molecule has 5 heteroatoms. The van der Waals surface area contributed by atoms with Crippen LogP contribution < -0.4 is 5.32 Å². The summed E-state index contributed by atoms with van der Waals surface area (Å²) in [5, 5.41) is 3.47. The van der Waals surface area contributed by atoms with Crippen LogP contribution in [0.1, 0.15) is 36.0 Å². The van der Waals surface area contributed by atoms with E-state index in [1.165, 1.54) is 11.1 Å². The molecule has 1 aliphatic heterocycles. The third kappa shape index (κ3) is 5.21. The van der Waals surface area contributed by atoms with E-state index < -0.39 is 0 Å². The Hall–Kier alpha value is -2.53. The van der Waals surface area contributed by atoms with Crippen molar-refractivity contribution in [2.45, 2.75) is 43.9 Å². The van der Waals surface area contributed by atoms with Crippen LogP contribution in [-0.2, 0) is 16.0 Å². The van der Waals surface area contributed by atoms with Crippen LogP contribution in [0.15, 0.2) is 59.5 Å². The van der Waals surface area contributed by atoms with Gasteiger partial charge in [-0.05, 0) is 49.8 Å². The number of carbonyl (C=O) groups is 2. The van der Waals surface area contributed by atoms with Gasteiger partial charge in [0.2, 0.25) is 5.91 Å². The number of hydrogen-bond acceptors (Lipinski definition) is 3. The fraction of sp³-hybridized carbons (Fsp3) is 0.385. The first-order valence-electron chi connectivity index (χ1n) is 11.0. The smallest absolute Gasteiger partial charge is 0.260 e. The fourth-order valence-corrected chi connectivity index (χ4v) is 5.95. The van der Waals surface area contributed by atoms with Crippen molar-refractivity contribution in [1.29, 1.82) is 0 Å². The number of thioether (sulfide) groups is 1. The van der Waals surface area contributed by atoms with E-state index in [2.05, 4.69) is 36.5 Å². The van der Waals surface area contributed by atoms with Gasteiger partial charge >= 0.3 is 0 Å². The monoisotopic (exact) mass is 434 g/mol. The summed E-state index contributed by atoms with van der Waals surface area (Å²) in [5.74, 6) is 0.173. The lowest BCUT2D eigenvalue weighted by molar-refractivity contribution is -0.131. The third-order valence-electron chi connectivity index (χ3n) is 6.36. The standard InChI is InChI=1S/C26H30N2O2S/c1-18-8-10-19(11-9-18)14-15-27-25(29)21-12-13-23-22(17-21)28(2)26(30)24(31-23)16-20-6-4-3-5-7-20/h3-11,16,21-23H,12-15,17H2,1-2H3,(H,27,29)/b24-16+. The highest BCUT2D eigenvalue weighted by Crippen LogP contribution is 2.43. The first kappa shape index (κ1) is 21.7. The quantitative estimate of drug-likeness (QED) is 0.708. The number of carbonyl (C=O) groups excluding carboxylic acids is 2. The molecular formula is C26H30N2O2S. The van der Waals surface area contributed by atoms with Crippen LogP contribution in [0.3, 0.4) is 0 Å². The molecule has 2 amide bonds. The average Bonchev–Trinajstić information content (AvgIpc) is 2.79. The van der Waals surface area contributed by atoms with Gasteiger partial charge in [0.1, 0.15) is 0 Å². The van der Waals surface area contributed by atoms with E-state index in [0.717, 1.165) is 36.2 Å². The second-order valence-corrected chi connectivity index (χ2v) is 9.88. The molecule has 162 valence electrons. The van der Waals surface area contributed by atoms with E-state index in [1.54, 1.807) is 11.8 Å². The fourth-order valence-electron chi connectivity index (χ4n) is 4.47. The lowest BCUT2D eigenvalue weighted by atomic mass is 9.83. The van der Waals surface area contributed by atoms with Crippen LogP contribution in [0.2, 0.25) is 0 Å². The molecule has 2 aliphatic rings. The van der Waals surface area contributed by atoms with Crippen LogP contribution in [0.25, 0.3) is 6.08 Å². The van der Waals surface area contributed by atoms with E-state index >= 15 is 0 Å². The molecule has 0 spiro atoms. The number of hydrogen-bond donors (Lipinski definition) is 1. The van der Waals surface area contributed by atoms with Crippen LogP contribution >= 0.6 is 11.8 Å². The lowest BCUT2D eigenvalue weighted by Gasteiger charge is -2.44. The zero-order chi connectivity index (χ0) is 21.8. The molecule has 2 aromatic rings. The number of amides is 2. The molecule has 1 saturated heterocycles. The molecule has 1 saturated carbocycles. The Kier molecular flexibility index (Phi) is 6.81. The second-order valence-electron chi connectivity index (χ2n) is 8.60. The highest BCUT2D eigenvalue weighted by molar-refractivity contribution is 8.04. The minimum Gasteiger partial charge on any atom is -0.356 e. The van der Waals surface area contributed by atoms with Crippen molar-refractivity contribution >= 4 is 29.7 Å². The maximum Gasteiger partial charge on any atom is 0.260 e. The zero-order valence-electron chi connectivity index (χ0n) is 18.2. The summed E-state index contributed by atoms with van der Waals surface area (Å²) < 4.78 is 0. The number of likely N-dealkylation sites (N-methyl/N-ethyl adjacent to an activating group) is 1. The molecule has 0 radical (unpaired) electrons. The van der Waals surface area contributed by atoms with Gasteiger partial charge in [-0.15, -0.1) is 11.8 Å². The Morgan fingerprint density at radius 2 is 1.87 bits per heavy atom. The first-order valence-corrected chi connectivity index (χ1v) is 11.9. The maximum atomic E-state index is 13.0. The maximum absolute atomic E-state index is 13.0. The normalized spacial score (nSPS) is 24.7. The zero-order valence-corrected chi connectivity index (χ0v) is 19.0. The topological polar surface area (TPSA) is 49.4 Å². The van der Waals surface area contributed by atoms with Gasteiger partial charge in [-0.1, -0.05) is 60.2 Å². The van der Waals surface area contributed by atoms with Gasteiger partial charge < -0.3 is 10.2 Å². The number of fused-ring (bicyclic) bond motifs is 1. The van der Waals surface area contributed by atoms with E-state index in [4.69, 9.17) is 0 Å². The molecule has 1 heterocycles. The van der Waals surface area contributed by atoms with Gasteiger partial charge in [-0.3, -0.25) is 9.59 Å². The Balaban J connectivity index is 1.33. The minimum atomic E-state index is -0.0187.